The van der Waals surface area contributed by atoms with Gasteiger partial charge in [-0.1, -0.05) is 12.1 Å². The SMILES string of the molecule is COc1cc(OC)nc(NC(C)c2cccc(N)c2)n1. The summed E-state index contributed by atoms with van der Waals surface area (Å²) in [6, 6.07) is 9.30. The molecule has 0 saturated carbocycles. The second kappa shape index (κ2) is 6.10. The molecule has 106 valence electrons. The summed E-state index contributed by atoms with van der Waals surface area (Å²) < 4.78 is 10.2. The van der Waals surface area contributed by atoms with Crippen molar-refractivity contribution in [2.45, 2.75) is 13.0 Å². The maximum atomic E-state index is 5.78. The van der Waals surface area contributed by atoms with E-state index in [0.717, 1.165) is 11.3 Å². The van der Waals surface area contributed by atoms with Crippen LogP contribution in [0.15, 0.2) is 30.3 Å². The lowest BCUT2D eigenvalue weighted by Crippen LogP contribution is -2.10. The molecular formula is C14H18N4O2. The fourth-order valence-electron chi connectivity index (χ4n) is 1.78. The van der Waals surface area contributed by atoms with Gasteiger partial charge >= 0.3 is 0 Å². The van der Waals surface area contributed by atoms with Gasteiger partial charge in [0, 0.05) is 5.69 Å². The Morgan fingerprint density at radius 1 is 1.10 bits per heavy atom. The lowest BCUT2D eigenvalue weighted by atomic mass is 10.1. The minimum Gasteiger partial charge on any atom is -0.481 e. The predicted molar refractivity (Wildman–Crippen MR) is 78.0 cm³/mol. The predicted octanol–water partition coefficient (Wildman–Crippen LogP) is 2.25. The Morgan fingerprint density at radius 3 is 2.30 bits per heavy atom. The van der Waals surface area contributed by atoms with E-state index in [-0.39, 0.29) is 6.04 Å². The van der Waals surface area contributed by atoms with E-state index in [0.29, 0.717) is 17.7 Å². The third-order valence-corrected chi connectivity index (χ3v) is 2.85. The van der Waals surface area contributed by atoms with Crippen LogP contribution in [-0.2, 0) is 0 Å². The maximum Gasteiger partial charge on any atom is 0.229 e. The van der Waals surface area contributed by atoms with Crippen molar-refractivity contribution in [1.82, 2.24) is 9.97 Å². The summed E-state index contributed by atoms with van der Waals surface area (Å²) in [6.45, 7) is 2.00. The van der Waals surface area contributed by atoms with Crippen LogP contribution in [0, 0.1) is 0 Å². The van der Waals surface area contributed by atoms with Crippen molar-refractivity contribution < 1.29 is 9.47 Å². The molecule has 0 aliphatic rings. The molecule has 20 heavy (non-hydrogen) atoms. The van der Waals surface area contributed by atoms with E-state index < -0.39 is 0 Å². The first kappa shape index (κ1) is 13.9. The monoisotopic (exact) mass is 274 g/mol. The normalized spacial score (nSPS) is 11.8. The molecule has 6 heteroatoms. The smallest absolute Gasteiger partial charge is 0.229 e. The first-order valence-electron chi connectivity index (χ1n) is 6.21. The Labute approximate surface area is 118 Å². The molecule has 6 nitrogen and oxygen atoms in total. The van der Waals surface area contributed by atoms with Crippen molar-refractivity contribution in [3.63, 3.8) is 0 Å². The second-order valence-electron chi connectivity index (χ2n) is 4.31. The molecule has 0 amide bonds. The van der Waals surface area contributed by atoms with Gasteiger partial charge in [-0.2, -0.15) is 9.97 Å². The lowest BCUT2D eigenvalue weighted by Gasteiger charge is -2.15. The Kier molecular flexibility index (Phi) is 4.24. The number of nitrogens with zero attached hydrogens (tertiary/aromatic N) is 2. The highest BCUT2D eigenvalue weighted by Gasteiger charge is 2.10. The summed E-state index contributed by atoms with van der Waals surface area (Å²) >= 11 is 0. The van der Waals surface area contributed by atoms with Gasteiger partial charge in [-0.25, -0.2) is 0 Å². The van der Waals surface area contributed by atoms with Crippen molar-refractivity contribution in [3.8, 4) is 11.8 Å². The van der Waals surface area contributed by atoms with Crippen LogP contribution in [0.25, 0.3) is 0 Å². The first-order chi connectivity index (χ1) is 9.62. The minimum absolute atomic E-state index is 0.00955. The average molecular weight is 274 g/mol. The lowest BCUT2D eigenvalue weighted by molar-refractivity contribution is 0.372. The molecular weight excluding hydrogens is 256 g/mol. The summed E-state index contributed by atoms with van der Waals surface area (Å²) in [7, 11) is 3.10. The highest BCUT2D eigenvalue weighted by atomic mass is 16.5. The van der Waals surface area contributed by atoms with Gasteiger partial charge < -0.3 is 20.5 Å². The van der Waals surface area contributed by atoms with E-state index in [1.54, 1.807) is 20.3 Å². The van der Waals surface area contributed by atoms with Gasteiger partial charge in [-0.15, -0.1) is 0 Å². The second-order valence-corrected chi connectivity index (χ2v) is 4.31. The molecule has 3 N–H and O–H groups in total. The van der Waals surface area contributed by atoms with Crippen molar-refractivity contribution >= 4 is 11.6 Å². The van der Waals surface area contributed by atoms with Crippen molar-refractivity contribution in [2.75, 3.05) is 25.3 Å². The largest absolute Gasteiger partial charge is 0.481 e. The van der Waals surface area contributed by atoms with Crippen LogP contribution in [0.1, 0.15) is 18.5 Å². The van der Waals surface area contributed by atoms with Gasteiger partial charge in [0.1, 0.15) is 0 Å². The molecule has 1 atom stereocenters. The molecule has 1 unspecified atom stereocenters. The van der Waals surface area contributed by atoms with Gasteiger partial charge in [0.15, 0.2) is 0 Å². The van der Waals surface area contributed by atoms with Crippen LogP contribution < -0.4 is 20.5 Å². The summed E-state index contributed by atoms with van der Waals surface area (Å²) in [5.74, 6) is 1.33. The Morgan fingerprint density at radius 2 is 1.75 bits per heavy atom. The molecule has 1 aromatic carbocycles. The number of methoxy groups -OCH3 is 2. The fraction of sp³-hybridized carbons (Fsp3) is 0.286. The average Bonchev–Trinajstić information content (AvgIpc) is 2.46. The highest BCUT2D eigenvalue weighted by Crippen LogP contribution is 2.22. The van der Waals surface area contributed by atoms with Crippen molar-refractivity contribution in [3.05, 3.63) is 35.9 Å². The highest BCUT2D eigenvalue weighted by molar-refractivity contribution is 5.44. The Balaban J connectivity index is 2.20. The number of nitrogens with two attached hydrogens (primary N) is 1. The third kappa shape index (κ3) is 3.28. The minimum atomic E-state index is 0.00955. The van der Waals surface area contributed by atoms with E-state index in [4.69, 9.17) is 15.2 Å². The molecule has 2 rings (SSSR count). The van der Waals surface area contributed by atoms with Crippen molar-refractivity contribution in [1.29, 1.82) is 0 Å². The molecule has 0 radical (unpaired) electrons. The summed E-state index contributed by atoms with van der Waals surface area (Å²) in [5, 5.41) is 3.20. The fourth-order valence-corrected chi connectivity index (χ4v) is 1.78. The number of anilines is 2. The van der Waals surface area contributed by atoms with E-state index in [2.05, 4.69) is 15.3 Å². The van der Waals surface area contributed by atoms with Gasteiger partial charge in [-0.05, 0) is 24.6 Å². The van der Waals surface area contributed by atoms with Crippen molar-refractivity contribution in [2.24, 2.45) is 0 Å². The maximum absolute atomic E-state index is 5.78. The van der Waals surface area contributed by atoms with Gasteiger partial charge in [0.05, 0.1) is 26.3 Å². The number of rotatable bonds is 5. The molecule has 0 saturated heterocycles. The quantitative estimate of drug-likeness (QED) is 0.814. The van der Waals surface area contributed by atoms with Gasteiger partial charge in [0.25, 0.3) is 0 Å². The van der Waals surface area contributed by atoms with Crippen LogP contribution in [0.4, 0.5) is 11.6 Å². The molecule has 1 aromatic heterocycles. The third-order valence-electron chi connectivity index (χ3n) is 2.85. The summed E-state index contributed by atoms with van der Waals surface area (Å²) in [5.41, 5.74) is 7.56. The molecule has 0 aliphatic carbocycles. The summed E-state index contributed by atoms with van der Waals surface area (Å²) in [6.07, 6.45) is 0. The number of nitrogen functional groups attached to an aromatic ring is 1. The number of hydrogen-bond donors (Lipinski definition) is 2. The van der Waals surface area contributed by atoms with Crippen LogP contribution in [0.2, 0.25) is 0 Å². The topological polar surface area (TPSA) is 82.3 Å². The zero-order chi connectivity index (χ0) is 14.5. The molecule has 0 spiro atoms. The number of nitrogens with one attached hydrogen (secondary N) is 1. The van der Waals surface area contributed by atoms with E-state index in [9.17, 15) is 0 Å². The molecule has 0 fully saturated rings. The zero-order valence-electron chi connectivity index (χ0n) is 11.8. The van der Waals surface area contributed by atoms with E-state index >= 15 is 0 Å². The molecule has 2 aromatic rings. The number of benzene rings is 1. The number of ether oxygens (including phenoxy) is 2. The van der Waals surface area contributed by atoms with Gasteiger partial charge in [-0.3, -0.25) is 0 Å². The molecule has 1 heterocycles. The van der Waals surface area contributed by atoms with Crippen LogP contribution in [0.5, 0.6) is 11.8 Å². The van der Waals surface area contributed by atoms with Gasteiger partial charge in [0.2, 0.25) is 17.7 Å². The summed E-state index contributed by atoms with van der Waals surface area (Å²) in [4.78, 5) is 8.46. The molecule has 0 aliphatic heterocycles. The van der Waals surface area contributed by atoms with Crippen LogP contribution in [0.3, 0.4) is 0 Å². The zero-order valence-corrected chi connectivity index (χ0v) is 11.8. The van der Waals surface area contributed by atoms with E-state index in [1.807, 2.05) is 31.2 Å². The molecule has 0 bridgehead atoms. The van der Waals surface area contributed by atoms with Crippen LogP contribution in [-0.4, -0.2) is 24.2 Å². The Hall–Kier alpha value is -2.50. The Bertz CT molecular complexity index is 567. The first-order valence-corrected chi connectivity index (χ1v) is 6.21. The number of aromatic nitrogens is 2. The standard InChI is InChI=1S/C14H18N4O2/c1-9(10-5-4-6-11(15)7-10)16-14-17-12(19-2)8-13(18-14)20-3/h4-9H,15H2,1-3H3,(H,16,17,18). The van der Waals surface area contributed by atoms with Crippen LogP contribution >= 0.6 is 0 Å². The number of hydrogen-bond acceptors (Lipinski definition) is 6. The van der Waals surface area contributed by atoms with E-state index in [1.165, 1.54) is 0 Å².